The van der Waals surface area contributed by atoms with E-state index in [0.29, 0.717) is 18.1 Å². The van der Waals surface area contributed by atoms with Crippen LogP contribution in [0.3, 0.4) is 0 Å². The number of hydrogen-bond donors (Lipinski definition) is 0. The number of hydrogen-bond acceptors (Lipinski definition) is 1. The van der Waals surface area contributed by atoms with Crippen LogP contribution in [0.1, 0.15) is 66.2 Å². The van der Waals surface area contributed by atoms with Crippen LogP contribution in [0, 0.1) is 11.8 Å². The molecule has 0 aromatic carbocycles. The van der Waals surface area contributed by atoms with E-state index in [1.807, 2.05) is 6.92 Å². The molecule has 0 aromatic rings. The highest BCUT2D eigenvalue weighted by atomic mass is 16.1. The van der Waals surface area contributed by atoms with Crippen molar-refractivity contribution < 1.29 is 4.79 Å². The van der Waals surface area contributed by atoms with E-state index >= 15 is 0 Å². The van der Waals surface area contributed by atoms with E-state index in [1.165, 1.54) is 19.3 Å². The molecule has 2 atom stereocenters. The average Bonchev–Trinajstić information content (AvgIpc) is 2.22. The topological polar surface area (TPSA) is 17.1 Å². The summed E-state index contributed by atoms with van der Waals surface area (Å²) in [6.07, 6.45) is 6.60. The molecule has 1 heteroatoms. The van der Waals surface area contributed by atoms with E-state index in [0.717, 1.165) is 18.8 Å². The molecule has 2 unspecified atom stereocenters. The Hall–Kier alpha value is -0.330. The molecule has 0 rings (SSSR count). The van der Waals surface area contributed by atoms with E-state index in [9.17, 15) is 4.79 Å². The minimum Gasteiger partial charge on any atom is -0.299 e. The lowest BCUT2D eigenvalue weighted by Crippen LogP contribution is -2.12. The Labute approximate surface area is 89.3 Å². The Balaban J connectivity index is 3.68. The average molecular weight is 198 g/mol. The van der Waals surface area contributed by atoms with Crippen molar-refractivity contribution in [1.29, 1.82) is 0 Å². The van der Waals surface area contributed by atoms with Crippen LogP contribution in [0.2, 0.25) is 0 Å². The van der Waals surface area contributed by atoms with Crippen LogP contribution < -0.4 is 0 Å². The van der Waals surface area contributed by atoms with Gasteiger partial charge in [0.2, 0.25) is 0 Å². The number of Topliss-reactive ketones (excluding diaryl/α,β-unsaturated/α-hetero) is 1. The van der Waals surface area contributed by atoms with Gasteiger partial charge in [-0.05, 0) is 18.8 Å². The fourth-order valence-corrected chi connectivity index (χ4v) is 1.80. The second-order valence-corrected chi connectivity index (χ2v) is 4.37. The molecule has 0 heterocycles. The van der Waals surface area contributed by atoms with Gasteiger partial charge in [-0.25, -0.2) is 0 Å². The third-order valence-corrected chi connectivity index (χ3v) is 3.24. The first-order chi connectivity index (χ1) is 6.65. The van der Waals surface area contributed by atoms with Gasteiger partial charge in [0.05, 0.1) is 0 Å². The predicted molar refractivity (Wildman–Crippen MR) is 62.4 cm³/mol. The summed E-state index contributed by atoms with van der Waals surface area (Å²) >= 11 is 0. The van der Waals surface area contributed by atoms with E-state index in [2.05, 4.69) is 20.8 Å². The van der Waals surface area contributed by atoms with Crippen LogP contribution in [0.4, 0.5) is 0 Å². The van der Waals surface area contributed by atoms with Gasteiger partial charge < -0.3 is 0 Å². The molecule has 0 aliphatic heterocycles. The summed E-state index contributed by atoms with van der Waals surface area (Å²) in [5, 5.41) is 0. The Morgan fingerprint density at radius 3 is 2.14 bits per heavy atom. The molecule has 0 amide bonds. The van der Waals surface area contributed by atoms with Crippen molar-refractivity contribution in [3.8, 4) is 0 Å². The van der Waals surface area contributed by atoms with Crippen LogP contribution in [0.5, 0.6) is 0 Å². The predicted octanol–water partition coefficient (Wildman–Crippen LogP) is 4.21. The maximum Gasteiger partial charge on any atom is 0.135 e. The highest BCUT2D eigenvalue weighted by Crippen LogP contribution is 2.18. The number of carbonyl (C=O) groups is 1. The zero-order valence-corrected chi connectivity index (χ0v) is 10.3. The lowest BCUT2D eigenvalue weighted by atomic mass is 9.91. The summed E-state index contributed by atoms with van der Waals surface area (Å²) in [6, 6.07) is 0. The molecule has 0 saturated carbocycles. The lowest BCUT2D eigenvalue weighted by molar-refractivity contribution is -0.122. The lowest BCUT2D eigenvalue weighted by Gasteiger charge is -2.14. The summed E-state index contributed by atoms with van der Waals surface area (Å²) in [5.74, 6) is 1.62. The van der Waals surface area contributed by atoms with Crippen molar-refractivity contribution in [2.45, 2.75) is 66.2 Å². The van der Waals surface area contributed by atoms with Gasteiger partial charge in [0.15, 0.2) is 0 Å². The quantitative estimate of drug-likeness (QED) is 0.571. The molecule has 0 saturated heterocycles. The molecule has 0 N–H and O–H groups in total. The molecule has 0 radical (unpaired) electrons. The Kier molecular flexibility index (Phi) is 7.83. The SMILES string of the molecule is CCC(=O)C(CC)CCCC(C)CC. The van der Waals surface area contributed by atoms with Crippen LogP contribution in [0.25, 0.3) is 0 Å². The van der Waals surface area contributed by atoms with Gasteiger partial charge in [-0.2, -0.15) is 0 Å². The third kappa shape index (κ3) is 5.41. The number of rotatable bonds is 8. The Morgan fingerprint density at radius 1 is 1.07 bits per heavy atom. The van der Waals surface area contributed by atoms with Crippen molar-refractivity contribution in [3.05, 3.63) is 0 Å². The second-order valence-electron chi connectivity index (χ2n) is 4.37. The molecule has 0 aromatic heterocycles. The molecule has 1 nitrogen and oxygen atoms in total. The summed E-state index contributed by atoms with van der Waals surface area (Å²) in [7, 11) is 0. The fraction of sp³-hybridized carbons (Fsp3) is 0.923. The molecular formula is C13H26O. The Bertz CT molecular complexity index is 151. The normalized spacial score (nSPS) is 15.1. The maximum atomic E-state index is 11.5. The van der Waals surface area contributed by atoms with Gasteiger partial charge in [-0.15, -0.1) is 0 Å². The van der Waals surface area contributed by atoms with Crippen LogP contribution in [-0.4, -0.2) is 5.78 Å². The van der Waals surface area contributed by atoms with Crippen LogP contribution >= 0.6 is 0 Å². The zero-order chi connectivity index (χ0) is 11.0. The summed E-state index contributed by atoms with van der Waals surface area (Å²) in [6.45, 7) is 8.63. The number of carbonyl (C=O) groups excluding carboxylic acids is 1. The van der Waals surface area contributed by atoms with E-state index in [1.54, 1.807) is 0 Å². The van der Waals surface area contributed by atoms with E-state index in [-0.39, 0.29) is 0 Å². The standard InChI is InChI=1S/C13H26O/c1-5-11(4)9-8-10-12(6-2)13(14)7-3/h11-12H,5-10H2,1-4H3. The largest absolute Gasteiger partial charge is 0.299 e. The van der Waals surface area contributed by atoms with Crippen molar-refractivity contribution in [2.24, 2.45) is 11.8 Å². The van der Waals surface area contributed by atoms with Crippen LogP contribution in [0.15, 0.2) is 0 Å². The monoisotopic (exact) mass is 198 g/mol. The van der Waals surface area contributed by atoms with Gasteiger partial charge in [0, 0.05) is 12.3 Å². The molecule has 0 spiro atoms. The van der Waals surface area contributed by atoms with Crippen molar-refractivity contribution in [3.63, 3.8) is 0 Å². The molecule has 0 aliphatic rings. The summed E-state index contributed by atoms with van der Waals surface area (Å²) in [4.78, 5) is 11.5. The van der Waals surface area contributed by atoms with Gasteiger partial charge in [-0.1, -0.05) is 47.0 Å². The highest BCUT2D eigenvalue weighted by molar-refractivity contribution is 5.80. The van der Waals surface area contributed by atoms with Gasteiger partial charge in [0.25, 0.3) is 0 Å². The highest BCUT2D eigenvalue weighted by Gasteiger charge is 2.13. The molecule has 0 fully saturated rings. The van der Waals surface area contributed by atoms with E-state index < -0.39 is 0 Å². The maximum absolute atomic E-state index is 11.5. The molecule has 0 bridgehead atoms. The minimum atomic E-state index is 0.337. The van der Waals surface area contributed by atoms with Crippen LogP contribution in [-0.2, 0) is 4.79 Å². The van der Waals surface area contributed by atoms with Gasteiger partial charge in [0.1, 0.15) is 5.78 Å². The smallest absolute Gasteiger partial charge is 0.135 e. The first-order valence-corrected chi connectivity index (χ1v) is 6.18. The molecule has 84 valence electrons. The fourth-order valence-electron chi connectivity index (χ4n) is 1.80. The molecule has 0 aliphatic carbocycles. The zero-order valence-electron chi connectivity index (χ0n) is 10.3. The molecular weight excluding hydrogens is 172 g/mol. The number of ketones is 1. The Morgan fingerprint density at radius 2 is 1.71 bits per heavy atom. The van der Waals surface area contributed by atoms with Gasteiger partial charge in [-0.3, -0.25) is 4.79 Å². The summed E-state index contributed by atoms with van der Waals surface area (Å²) in [5.41, 5.74) is 0. The third-order valence-electron chi connectivity index (χ3n) is 3.24. The van der Waals surface area contributed by atoms with Gasteiger partial charge >= 0.3 is 0 Å². The first-order valence-electron chi connectivity index (χ1n) is 6.18. The summed E-state index contributed by atoms with van der Waals surface area (Å²) < 4.78 is 0. The minimum absolute atomic E-state index is 0.337. The van der Waals surface area contributed by atoms with Crippen molar-refractivity contribution in [2.75, 3.05) is 0 Å². The second kappa shape index (κ2) is 8.02. The first kappa shape index (κ1) is 13.7. The van der Waals surface area contributed by atoms with E-state index in [4.69, 9.17) is 0 Å². The molecule has 14 heavy (non-hydrogen) atoms. The van der Waals surface area contributed by atoms with Crippen molar-refractivity contribution in [1.82, 2.24) is 0 Å². The van der Waals surface area contributed by atoms with Crippen molar-refractivity contribution >= 4 is 5.78 Å².